The van der Waals surface area contributed by atoms with Gasteiger partial charge in [0.15, 0.2) is 0 Å². The van der Waals surface area contributed by atoms with E-state index >= 15 is 0 Å². The predicted octanol–water partition coefficient (Wildman–Crippen LogP) is 2.93. The summed E-state index contributed by atoms with van der Waals surface area (Å²) in [6.45, 7) is 0. The molecule has 1 saturated carbocycles. The van der Waals surface area contributed by atoms with Gasteiger partial charge in [0.1, 0.15) is 11.9 Å². The van der Waals surface area contributed by atoms with Crippen LogP contribution in [0.25, 0.3) is 0 Å². The molecule has 0 saturated heterocycles. The maximum atomic E-state index is 12.9. The average Bonchev–Trinajstić information content (AvgIpc) is 2.14. The van der Waals surface area contributed by atoms with Crippen LogP contribution in [0, 0.1) is 23.1 Å². The zero-order valence-corrected chi connectivity index (χ0v) is 8.41. The van der Waals surface area contributed by atoms with Crippen LogP contribution in [0.2, 0.25) is 0 Å². The molecule has 0 radical (unpaired) electrons. The van der Waals surface area contributed by atoms with E-state index in [1.807, 2.05) is 0 Å². The number of benzene rings is 1. The second-order valence-corrected chi connectivity index (χ2v) is 3.95. The third kappa shape index (κ3) is 2.27. The number of anilines is 1. The molecule has 0 bridgehead atoms. The Morgan fingerprint density at radius 1 is 1.47 bits per heavy atom. The van der Waals surface area contributed by atoms with Crippen LogP contribution in [-0.4, -0.2) is 6.04 Å². The molecule has 0 aliphatic heterocycles. The number of nitrogens with one attached hydrogen (secondary N) is 1. The SMILES string of the molecule is N#CC(Nc1cccc(F)c1)C1CCC1. The van der Waals surface area contributed by atoms with Crippen LogP contribution in [-0.2, 0) is 0 Å². The highest BCUT2D eigenvalue weighted by atomic mass is 19.1. The normalized spacial score (nSPS) is 17.6. The number of halogens is 1. The Balaban J connectivity index is 2.03. The van der Waals surface area contributed by atoms with Gasteiger partial charge >= 0.3 is 0 Å². The van der Waals surface area contributed by atoms with Crippen LogP contribution in [0.4, 0.5) is 10.1 Å². The minimum Gasteiger partial charge on any atom is -0.370 e. The molecule has 2 nitrogen and oxygen atoms in total. The molecule has 0 amide bonds. The van der Waals surface area contributed by atoms with Gasteiger partial charge in [-0.3, -0.25) is 0 Å². The maximum Gasteiger partial charge on any atom is 0.125 e. The number of hydrogen-bond donors (Lipinski definition) is 1. The van der Waals surface area contributed by atoms with E-state index in [2.05, 4.69) is 11.4 Å². The summed E-state index contributed by atoms with van der Waals surface area (Å²) in [7, 11) is 0. The van der Waals surface area contributed by atoms with E-state index < -0.39 is 0 Å². The van der Waals surface area contributed by atoms with Crippen LogP contribution in [0.15, 0.2) is 24.3 Å². The molecule has 1 unspecified atom stereocenters. The van der Waals surface area contributed by atoms with E-state index in [1.54, 1.807) is 12.1 Å². The number of rotatable bonds is 3. The molecule has 1 aromatic rings. The highest BCUT2D eigenvalue weighted by Gasteiger charge is 2.26. The fourth-order valence-corrected chi connectivity index (χ4v) is 1.79. The Labute approximate surface area is 88.7 Å². The van der Waals surface area contributed by atoms with E-state index in [1.165, 1.54) is 18.6 Å². The third-order valence-electron chi connectivity index (χ3n) is 2.91. The van der Waals surface area contributed by atoms with Gasteiger partial charge in [-0.15, -0.1) is 0 Å². The van der Waals surface area contributed by atoms with Gasteiger partial charge in [-0.05, 0) is 37.0 Å². The number of nitrogens with zero attached hydrogens (tertiary/aromatic N) is 1. The topological polar surface area (TPSA) is 35.8 Å². The summed E-state index contributed by atoms with van der Waals surface area (Å²) in [5.74, 6) is 0.156. The van der Waals surface area contributed by atoms with E-state index in [0.29, 0.717) is 11.6 Å². The van der Waals surface area contributed by atoms with Crippen molar-refractivity contribution in [2.75, 3.05) is 5.32 Å². The Bertz CT molecular complexity index is 379. The van der Waals surface area contributed by atoms with Gasteiger partial charge in [-0.25, -0.2) is 4.39 Å². The molecule has 1 atom stereocenters. The Kier molecular flexibility index (Phi) is 2.86. The Hall–Kier alpha value is -1.56. The number of hydrogen-bond acceptors (Lipinski definition) is 2. The summed E-state index contributed by atoms with van der Waals surface area (Å²) in [5.41, 5.74) is 0.688. The first-order valence-corrected chi connectivity index (χ1v) is 5.21. The lowest BCUT2D eigenvalue weighted by atomic mass is 9.80. The first-order chi connectivity index (χ1) is 7.29. The van der Waals surface area contributed by atoms with Crippen molar-refractivity contribution in [3.8, 4) is 6.07 Å². The molecule has 3 heteroatoms. The fourth-order valence-electron chi connectivity index (χ4n) is 1.79. The highest BCUT2D eigenvalue weighted by molar-refractivity contribution is 5.45. The Morgan fingerprint density at radius 3 is 2.80 bits per heavy atom. The zero-order valence-electron chi connectivity index (χ0n) is 8.41. The summed E-state index contributed by atoms with van der Waals surface area (Å²) in [6, 6.07) is 8.31. The molecule has 0 heterocycles. The molecule has 15 heavy (non-hydrogen) atoms. The molecule has 1 N–H and O–H groups in total. The molecule has 0 spiro atoms. The van der Waals surface area contributed by atoms with Gasteiger partial charge in [0.25, 0.3) is 0 Å². The van der Waals surface area contributed by atoms with Crippen molar-refractivity contribution < 1.29 is 4.39 Å². The second kappa shape index (κ2) is 4.31. The van der Waals surface area contributed by atoms with Crippen molar-refractivity contribution in [2.45, 2.75) is 25.3 Å². The minimum atomic E-state index is -0.273. The first kappa shape index (κ1) is 9.97. The fraction of sp³-hybridized carbons (Fsp3) is 0.417. The molecular weight excluding hydrogens is 191 g/mol. The molecule has 78 valence electrons. The lowest BCUT2D eigenvalue weighted by Crippen LogP contribution is -2.32. The van der Waals surface area contributed by atoms with Crippen molar-refractivity contribution in [1.29, 1.82) is 5.26 Å². The molecule has 0 aromatic heterocycles. The largest absolute Gasteiger partial charge is 0.370 e. The van der Waals surface area contributed by atoms with Crippen LogP contribution in [0.3, 0.4) is 0 Å². The summed E-state index contributed by atoms with van der Waals surface area (Å²) < 4.78 is 12.9. The molecule has 1 fully saturated rings. The van der Waals surface area contributed by atoms with Gasteiger partial charge < -0.3 is 5.32 Å². The van der Waals surface area contributed by atoms with E-state index in [0.717, 1.165) is 12.8 Å². The smallest absolute Gasteiger partial charge is 0.125 e. The standard InChI is InChI=1S/C12H13FN2/c13-10-5-2-6-11(7-10)15-12(8-14)9-3-1-4-9/h2,5-7,9,12,15H,1,3-4H2. The van der Waals surface area contributed by atoms with Gasteiger partial charge in [-0.1, -0.05) is 12.5 Å². The first-order valence-electron chi connectivity index (χ1n) is 5.21. The van der Waals surface area contributed by atoms with Crippen LogP contribution in [0.1, 0.15) is 19.3 Å². The van der Waals surface area contributed by atoms with Crippen molar-refractivity contribution >= 4 is 5.69 Å². The minimum absolute atomic E-state index is 0.180. The van der Waals surface area contributed by atoms with Crippen molar-refractivity contribution in [3.63, 3.8) is 0 Å². The summed E-state index contributed by atoms with van der Waals surface area (Å²) in [5, 5.41) is 12.1. The van der Waals surface area contributed by atoms with Crippen molar-refractivity contribution in [2.24, 2.45) is 5.92 Å². The second-order valence-electron chi connectivity index (χ2n) is 3.95. The molecule has 2 rings (SSSR count). The molecule has 1 aliphatic rings. The highest BCUT2D eigenvalue weighted by Crippen LogP contribution is 2.31. The maximum absolute atomic E-state index is 12.9. The van der Waals surface area contributed by atoms with E-state index in [9.17, 15) is 4.39 Å². The van der Waals surface area contributed by atoms with Gasteiger partial charge in [0, 0.05) is 5.69 Å². The zero-order chi connectivity index (χ0) is 10.7. The quantitative estimate of drug-likeness (QED) is 0.821. The van der Waals surface area contributed by atoms with Gasteiger partial charge in [0.2, 0.25) is 0 Å². The molecule has 1 aromatic carbocycles. The van der Waals surface area contributed by atoms with Crippen LogP contribution in [0.5, 0.6) is 0 Å². The number of nitriles is 1. The van der Waals surface area contributed by atoms with Gasteiger partial charge in [-0.2, -0.15) is 5.26 Å². The summed E-state index contributed by atoms with van der Waals surface area (Å²) in [4.78, 5) is 0. The third-order valence-corrected chi connectivity index (χ3v) is 2.91. The Morgan fingerprint density at radius 2 is 2.27 bits per heavy atom. The predicted molar refractivity (Wildman–Crippen MR) is 56.8 cm³/mol. The van der Waals surface area contributed by atoms with Crippen LogP contribution >= 0.6 is 0 Å². The average molecular weight is 204 g/mol. The van der Waals surface area contributed by atoms with E-state index in [-0.39, 0.29) is 11.9 Å². The van der Waals surface area contributed by atoms with Gasteiger partial charge in [0.05, 0.1) is 6.07 Å². The van der Waals surface area contributed by atoms with Crippen LogP contribution < -0.4 is 5.32 Å². The van der Waals surface area contributed by atoms with Crippen molar-refractivity contribution in [1.82, 2.24) is 0 Å². The monoisotopic (exact) mass is 204 g/mol. The lowest BCUT2D eigenvalue weighted by Gasteiger charge is -2.30. The van der Waals surface area contributed by atoms with Crippen molar-refractivity contribution in [3.05, 3.63) is 30.1 Å². The summed E-state index contributed by atoms with van der Waals surface area (Å²) >= 11 is 0. The summed E-state index contributed by atoms with van der Waals surface area (Å²) in [6.07, 6.45) is 3.40. The lowest BCUT2D eigenvalue weighted by molar-refractivity contribution is 0.303. The molecule has 1 aliphatic carbocycles. The molecular formula is C12H13FN2. The van der Waals surface area contributed by atoms with E-state index in [4.69, 9.17) is 5.26 Å².